The van der Waals surface area contributed by atoms with E-state index in [4.69, 9.17) is 0 Å². The van der Waals surface area contributed by atoms with Gasteiger partial charge in [-0.05, 0) is 48.9 Å². The first-order chi connectivity index (χ1) is 13.0. The molecule has 0 saturated heterocycles. The van der Waals surface area contributed by atoms with Crippen molar-refractivity contribution in [1.29, 1.82) is 0 Å². The highest BCUT2D eigenvalue weighted by atomic mass is 16.2. The minimum atomic E-state index is -0.455. The number of hydrogen-bond donors (Lipinski definition) is 3. The Morgan fingerprint density at radius 1 is 0.926 bits per heavy atom. The summed E-state index contributed by atoms with van der Waals surface area (Å²) in [6.07, 6.45) is 1.47. The van der Waals surface area contributed by atoms with E-state index >= 15 is 0 Å². The summed E-state index contributed by atoms with van der Waals surface area (Å²) in [6, 6.07) is 18.9. The molecule has 1 heterocycles. The molecule has 136 valence electrons. The SMILES string of the molecule is CC(NC(=O)c1ccc[nH]c1=O)c1cccc(NC(=O)c2ccccc2)c1. The molecule has 27 heavy (non-hydrogen) atoms. The third-order valence-electron chi connectivity index (χ3n) is 4.09. The fourth-order valence-electron chi connectivity index (χ4n) is 2.64. The molecule has 6 nitrogen and oxygen atoms in total. The molecule has 1 atom stereocenters. The zero-order chi connectivity index (χ0) is 19.2. The van der Waals surface area contributed by atoms with Crippen molar-refractivity contribution in [2.75, 3.05) is 5.32 Å². The Hall–Kier alpha value is -3.67. The maximum atomic E-state index is 12.3. The molecule has 1 aromatic heterocycles. The number of aromatic nitrogens is 1. The number of pyridine rings is 1. The molecule has 0 radical (unpaired) electrons. The summed E-state index contributed by atoms with van der Waals surface area (Å²) in [5.74, 6) is -0.664. The molecular formula is C21H19N3O3. The Morgan fingerprint density at radius 3 is 2.44 bits per heavy atom. The van der Waals surface area contributed by atoms with Gasteiger partial charge in [0, 0.05) is 17.4 Å². The zero-order valence-electron chi connectivity index (χ0n) is 14.7. The van der Waals surface area contributed by atoms with E-state index in [2.05, 4.69) is 15.6 Å². The molecule has 1 unspecified atom stereocenters. The summed E-state index contributed by atoms with van der Waals surface area (Å²) in [5, 5.41) is 5.63. The normalized spacial score (nSPS) is 11.4. The minimum Gasteiger partial charge on any atom is -0.345 e. The molecule has 0 saturated carbocycles. The van der Waals surface area contributed by atoms with Crippen LogP contribution in [-0.2, 0) is 0 Å². The maximum absolute atomic E-state index is 12.3. The van der Waals surface area contributed by atoms with Gasteiger partial charge in [0.1, 0.15) is 5.56 Å². The third-order valence-corrected chi connectivity index (χ3v) is 4.09. The number of aromatic amines is 1. The lowest BCUT2D eigenvalue weighted by atomic mass is 10.1. The molecule has 0 aliphatic carbocycles. The summed E-state index contributed by atoms with van der Waals surface area (Å²) >= 11 is 0. The summed E-state index contributed by atoms with van der Waals surface area (Å²) < 4.78 is 0. The van der Waals surface area contributed by atoms with Crippen LogP contribution in [0.5, 0.6) is 0 Å². The first kappa shape index (κ1) is 18.1. The van der Waals surface area contributed by atoms with Crippen LogP contribution in [-0.4, -0.2) is 16.8 Å². The van der Waals surface area contributed by atoms with Gasteiger partial charge in [-0.25, -0.2) is 0 Å². The van der Waals surface area contributed by atoms with Crippen LogP contribution in [0.4, 0.5) is 5.69 Å². The number of carbonyl (C=O) groups is 2. The van der Waals surface area contributed by atoms with E-state index in [1.54, 1.807) is 48.5 Å². The van der Waals surface area contributed by atoms with Gasteiger partial charge in [0.15, 0.2) is 0 Å². The molecule has 2 amide bonds. The number of anilines is 1. The Morgan fingerprint density at radius 2 is 1.70 bits per heavy atom. The van der Waals surface area contributed by atoms with Crippen LogP contribution in [0.2, 0.25) is 0 Å². The van der Waals surface area contributed by atoms with Crippen molar-refractivity contribution in [3.05, 3.63) is 100.0 Å². The molecule has 0 bridgehead atoms. The van der Waals surface area contributed by atoms with E-state index in [9.17, 15) is 14.4 Å². The van der Waals surface area contributed by atoms with Crippen molar-refractivity contribution in [3.63, 3.8) is 0 Å². The largest absolute Gasteiger partial charge is 0.345 e. The monoisotopic (exact) mass is 361 g/mol. The van der Waals surface area contributed by atoms with Gasteiger partial charge < -0.3 is 15.6 Å². The van der Waals surface area contributed by atoms with Crippen molar-refractivity contribution in [1.82, 2.24) is 10.3 Å². The van der Waals surface area contributed by atoms with Gasteiger partial charge >= 0.3 is 0 Å². The van der Waals surface area contributed by atoms with Crippen molar-refractivity contribution in [3.8, 4) is 0 Å². The number of benzene rings is 2. The van der Waals surface area contributed by atoms with Gasteiger partial charge in [-0.1, -0.05) is 30.3 Å². The van der Waals surface area contributed by atoms with Crippen molar-refractivity contribution < 1.29 is 9.59 Å². The predicted octanol–water partition coefficient (Wildman–Crippen LogP) is 3.12. The van der Waals surface area contributed by atoms with E-state index in [0.717, 1.165) is 5.56 Å². The second kappa shape index (κ2) is 8.14. The predicted molar refractivity (Wildman–Crippen MR) is 104 cm³/mol. The fourth-order valence-corrected chi connectivity index (χ4v) is 2.64. The van der Waals surface area contributed by atoms with Crippen molar-refractivity contribution in [2.45, 2.75) is 13.0 Å². The van der Waals surface area contributed by atoms with Gasteiger partial charge in [0.25, 0.3) is 17.4 Å². The fraction of sp³-hybridized carbons (Fsp3) is 0.0952. The Balaban J connectivity index is 1.71. The third kappa shape index (κ3) is 4.49. The van der Waals surface area contributed by atoms with Crippen LogP contribution in [0.3, 0.4) is 0 Å². The standard InChI is InChI=1S/C21H19N3O3/c1-14(23-21(27)18-11-6-12-22-20(18)26)16-9-5-10-17(13-16)24-19(25)15-7-3-2-4-8-15/h2-14H,1H3,(H,22,26)(H,23,27)(H,24,25). The van der Waals surface area contributed by atoms with Gasteiger partial charge in [-0.2, -0.15) is 0 Å². The van der Waals surface area contributed by atoms with Gasteiger partial charge in [-0.15, -0.1) is 0 Å². The lowest BCUT2D eigenvalue weighted by Gasteiger charge is -2.15. The highest BCUT2D eigenvalue weighted by Gasteiger charge is 2.14. The van der Waals surface area contributed by atoms with Crippen LogP contribution in [0, 0.1) is 0 Å². The Kier molecular flexibility index (Phi) is 5.47. The Bertz CT molecular complexity index is 1010. The molecule has 3 rings (SSSR count). The molecule has 2 aromatic carbocycles. The highest BCUT2D eigenvalue weighted by molar-refractivity contribution is 6.04. The Labute approximate surface area is 156 Å². The zero-order valence-corrected chi connectivity index (χ0v) is 14.7. The topological polar surface area (TPSA) is 91.1 Å². The van der Waals surface area contributed by atoms with Crippen LogP contribution < -0.4 is 16.2 Å². The van der Waals surface area contributed by atoms with Gasteiger partial charge in [0.05, 0.1) is 6.04 Å². The first-order valence-corrected chi connectivity index (χ1v) is 8.49. The van der Waals surface area contributed by atoms with Crippen molar-refractivity contribution >= 4 is 17.5 Å². The van der Waals surface area contributed by atoms with Gasteiger partial charge in [-0.3, -0.25) is 14.4 Å². The number of amides is 2. The molecule has 0 spiro atoms. The van der Waals surface area contributed by atoms with Gasteiger partial charge in [0.2, 0.25) is 0 Å². The molecule has 3 N–H and O–H groups in total. The number of rotatable bonds is 5. The van der Waals surface area contributed by atoms with Crippen LogP contribution >= 0.6 is 0 Å². The average Bonchev–Trinajstić information content (AvgIpc) is 2.69. The number of H-pyrrole nitrogens is 1. The molecule has 0 fully saturated rings. The number of carbonyl (C=O) groups excluding carboxylic acids is 2. The second-order valence-electron chi connectivity index (χ2n) is 6.05. The minimum absolute atomic E-state index is 0.0536. The van der Waals surface area contributed by atoms with Crippen LogP contribution in [0.25, 0.3) is 0 Å². The van der Waals surface area contributed by atoms with E-state index in [0.29, 0.717) is 11.3 Å². The highest BCUT2D eigenvalue weighted by Crippen LogP contribution is 2.18. The van der Waals surface area contributed by atoms with Crippen LogP contribution in [0.15, 0.2) is 77.7 Å². The molecular weight excluding hydrogens is 342 g/mol. The summed E-state index contributed by atoms with van der Waals surface area (Å²) in [5.41, 5.74) is 1.61. The summed E-state index contributed by atoms with van der Waals surface area (Å²) in [4.78, 5) is 38.8. The van der Waals surface area contributed by atoms with E-state index in [-0.39, 0.29) is 17.5 Å². The molecule has 0 aliphatic rings. The second-order valence-corrected chi connectivity index (χ2v) is 6.05. The maximum Gasteiger partial charge on any atom is 0.260 e. The lowest BCUT2D eigenvalue weighted by Crippen LogP contribution is -2.31. The molecule has 6 heteroatoms. The molecule has 0 aliphatic heterocycles. The number of hydrogen-bond acceptors (Lipinski definition) is 3. The molecule has 3 aromatic rings. The summed E-state index contributed by atoms with van der Waals surface area (Å²) in [6.45, 7) is 1.81. The van der Waals surface area contributed by atoms with E-state index < -0.39 is 11.5 Å². The van der Waals surface area contributed by atoms with Crippen molar-refractivity contribution in [2.24, 2.45) is 0 Å². The van der Waals surface area contributed by atoms with Crippen LogP contribution in [0.1, 0.15) is 39.2 Å². The quantitative estimate of drug-likeness (QED) is 0.652. The van der Waals surface area contributed by atoms with E-state index in [1.165, 1.54) is 12.3 Å². The lowest BCUT2D eigenvalue weighted by molar-refractivity contribution is 0.0937. The average molecular weight is 361 g/mol. The first-order valence-electron chi connectivity index (χ1n) is 8.49. The summed E-state index contributed by atoms with van der Waals surface area (Å²) in [7, 11) is 0. The van der Waals surface area contributed by atoms with E-state index in [1.807, 2.05) is 19.1 Å². The smallest absolute Gasteiger partial charge is 0.260 e. The number of nitrogens with one attached hydrogen (secondary N) is 3.